The molecule has 0 bridgehead atoms. The zero-order chi connectivity index (χ0) is 14.3. The molecular formula is C8H15N3O6S. The third kappa shape index (κ3) is 8.61. The minimum atomic E-state index is -4.16. The monoisotopic (exact) mass is 281 g/mol. The van der Waals surface area contributed by atoms with Crippen LogP contribution >= 0.6 is 0 Å². The van der Waals surface area contributed by atoms with Crippen LogP contribution in [-0.2, 0) is 24.5 Å². The summed E-state index contributed by atoms with van der Waals surface area (Å²) in [6.07, 6.45) is -0.405. The standard InChI is InChI=1S/C8H15N3O6S/c1-5(12)11-7(13)4-6(9)8(14)10-2-3-18(15,16)17/h6H,2-4,9H2,1H3,(H,10,14)(H,11,12,13)(H,15,16,17)/t6-/m0/s1. The second-order valence-electron chi connectivity index (χ2n) is 3.49. The molecule has 3 amide bonds. The van der Waals surface area contributed by atoms with Crippen molar-refractivity contribution in [2.75, 3.05) is 12.3 Å². The lowest BCUT2D eigenvalue weighted by atomic mass is 10.2. The van der Waals surface area contributed by atoms with Crippen molar-refractivity contribution in [1.82, 2.24) is 10.6 Å². The van der Waals surface area contributed by atoms with E-state index in [4.69, 9.17) is 10.3 Å². The molecule has 0 saturated heterocycles. The molecule has 0 rings (SSSR count). The van der Waals surface area contributed by atoms with Crippen LogP contribution < -0.4 is 16.4 Å². The number of hydrogen-bond donors (Lipinski definition) is 4. The van der Waals surface area contributed by atoms with Gasteiger partial charge in [-0.2, -0.15) is 8.42 Å². The molecule has 0 saturated carbocycles. The molecule has 0 fully saturated rings. The molecule has 1 atom stereocenters. The fourth-order valence-electron chi connectivity index (χ4n) is 0.974. The van der Waals surface area contributed by atoms with Gasteiger partial charge in [0.15, 0.2) is 0 Å². The third-order valence-electron chi connectivity index (χ3n) is 1.72. The van der Waals surface area contributed by atoms with Crippen LogP contribution in [0.3, 0.4) is 0 Å². The summed E-state index contributed by atoms with van der Waals surface area (Å²) in [5, 5.41) is 4.06. The Kier molecular flexibility index (Phi) is 6.44. The molecule has 10 heteroatoms. The van der Waals surface area contributed by atoms with Crippen molar-refractivity contribution >= 4 is 27.8 Å². The van der Waals surface area contributed by atoms with E-state index in [1.165, 1.54) is 0 Å². The summed E-state index contributed by atoms with van der Waals surface area (Å²) in [7, 11) is -4.16. The highest BCUT2D eigenvalue weighted by Gasteiger charge is 2.18. The van der Waals surface area contributed by atoms with Crippen LogP contribution in [0.2, 0.25) is 0 Å². The zero-order valence-electron chi connectivity index (χ0n) is 9.67. The third-order valence-corrected chi connectivity index (χ3v) is 2.44. The number of imide groups is 1. The van der Waals surface area contributed by atoms with Crippen LogP contribution in [0.4, 0.5) is 0 Å². The summed E-state index contributed by atoms with van der Waals surface area (Å²) in [5.41, 5.74) is 5.35. The second-order valence-corrected chi connectivity index (χ2v) is 5.06. The number of carbonyl (C=O) groups excluding carboxylic acids is 3. The summed E-state index contributed by atoms with van der Waals surface area (Å²) in [6, 6.07) is -1.20. The largest absolute Gasteiger partial charge is 0.354 e. The smallest absolute Gasteiger partial charge is 0.266 e. The first-order valence-corrected chi connectivity index (χ1v) is 6.51. The van der Waals surface area contributed by atoms with Gasteiger partial charge in [0.1, 0.15) is 0 Å². The van der Waals surface area contributed by atoms with Crippen molar-refractivity contribution in [1.29, 1.82) is 0 Å². The lowest BCUT2D eigenvalue weighted by Gasteiger charge is -2.10. The predicted molar refractivity (Wildman–Crippen MR) is 60.8 cm³/mol. The lowest BCUT2D eigenvalue weighted by molar-refractivity contribution is -0.132. The average Bonchev–Trinajstić information content (AvgIpc) is 2.13. The first-order chi connectivity index (χ1) is 8.11. The Morgan fingerprint density at radius 1 is 1.33 bits per heavy atom. The molecule has 0 unspecified atom stereocenters. The van der Waals surface area contributed by atoms with Crippen LogP contribution in [0.5, 0.6) is 0 Å². The van der Waals surface area contributed by atoms with Crippen LogP contribution in [0.15, 0.2) is 0 Å². The van der Waals surface area contributed by atoms with E-state index < -0.39 is 46.1 Å². The van der Waals surface area contributed by atoms with E-state index in [0.29, 0.717) is 0 Å². The minimum Gasteiger partial charge on any atom is -0.354 e. The maximum atomic E-state index is 11.3. The molecule has 0 radical (unpaired) electrons. The van der Waals surface area contributed by atoms with Gasteiger partial charge in [-0.1, -0.05) is 0 Å². The minimum absolute atomic E-state index is 0.320. The molecule has 104 valence electrons. The quantitative estimate of drug-likeness (QED) is 0.388. The number of amides is 3. The SMILES string of the molecule is CC(=O)NC(=O)C[C@H](N)C(=O)NCCS(=O)(=O)O. The molecular weight excluding hydrogens is 266 g/mol. The number of hydrogen-bond acceptors (Lipinski definition) is 6. The van der Waals surface area contributed by atoms with Gasteiger partial charge in [0, 0.05) is 13.5 Å². The molecule has 0 aromatic rings. The molecule has 5 N–H and O–H groups in total. The van der Waals surface area contributed by atoms with Gasteiger partial charge in [0.2, 0.25) is 17.7 Å². The molecule has 0 aliphatic heterocycles. The zero-order valence-corrected chi connectivity index (χ0v) is 10.5. The van der Waals surface area contributed by atoms with E-state index in [0.717, 1.165) is 6.92 Å². The number of rotatable bonds is 6. The molecule has 18 heavy (non-hydrogen) atoms. The highest BCUT2D eigenvalue weighted by atomic mass is 32.2. The molecule has 0 aliphatic rings. The van der Waals surface area contributed by atoms with Gasteiger partial charge < -0.3 is 11.1 Å². The number of nitrogens with two attached hydrogens (primary N) is 1. The number of nitrogens with one attached hydrogen (secondary N) is 2. The van der Waals surface area contributed by atoms with E-state index >= 15 is 0 Å². The van der Waals surface area contributed by atoms with Gasteiger partial charge in [0.25, 0.3) is 10.1 Å². The van der Waals surface area contributed by atoms with Crippen molar-refractivity contribution < 1.29 is 27.4 Å². The van der Waals surface area contributed by atoms with Gasteiger partial charge in [0.05, 0.1) is 18.2 Å². The van der Waals surface area contributed by atoms with Crippen LogP contribution in [0.25, 0.3) is 0 Å². The van der Waals surface area contributed by atoms with Gasteiger partial charge in [-0.3, -0.25) is 24.3 Å². The van der Waals surface area contributed by atoms with Crippen LogP contribution in [0, 0.1) is 0 Å². The van der Waals surface area contributed by atoms with Crippen molar-refractivity contribution in [2.24, 2.45) is 5.73 Å². The summed E-state index contributed by atoms with van der Waals surface area (Å²) >= 11 is 0. The van der Waals surface area contributed by atoms with Gasteiger partial charge in [-0.05, 0) is 0 Å². The van der Waals surface area contributed by atoms with Crippen molar-refractivity contribution in [3.63, 3.8) is 0 Å². The summed E-state index contributed by atoms with van der Waals surface area (Å²) in [6.45, 7) is 0.815. The van der Waals surface area contributed by atoms with E-state index in [1.807, 2.05) is 5.32 Å². The second kappa shape index (κ2) is 7.03. The predicted octanol–water partition coefficient (Wildman–Crippen LogP) is -2.63. The van der Waals surface area contributed by atoms with Crippen molar-refractivity contribution in [3.05, 3.63) is 0 Å². The van der Waals surface area contributed by atoms with E-state index in [2.05, 4.69) is 5.32 Å². The Labute approximate surface area is 104 Å². The Balaban J connectivity index is 4.04. The Morgan fingerprint density at radius 3 is 2.33 bits per heavy atom. The van der Waals surface area contributed by atoms with E-state index in [-0.39, 0.29) is 6.54 Å². The van der Waals surface area contributed by atoms with Crippen molar-refractivity contribution in [3.8, 4) is 0 Å². The molecule has 0 aromatic heterocycles. The highest BCUT2D eigenvalue weighted by Crippen LogP contribution is 1.89. The average molecular weight is 281 g/mol. The van der Waals surface area contributed by atoms with E-state index in [9.17, 15) is 22.8 Å². The molecule has 9 nitrogen and oxygen atoms in total. The summed E-state index contributed by atoms with van der Waals surface area (Å²) in [5.74, 6) is -2.68. The summed E-state index contributed by atoms with van der Waals surface area (Å²) < 4.78 is 29.1. The topological polar surface area (TPSA) is 156 Å². The van der Waals surface area contributed by atoms with E-state index in [1.54, 1.807) is 0 Å². The Morgan fingerprint density at radius 2 is 1.89 bits per heavy atom. The fourth-order valence-corrected chi connectivity index (χ4v) is 1.33. The van der Waals surface area contributed by atoms with Gasteiger partial charge in [-0.15, -0.1) is 0 Å². The Hall–Kier alpha value is -1.52. The maximum absolute atomic E-state index is 11.3. The lowest BCUT2D eigenvalue weighted by Crippen LogP contribution is -2.45. The summed E-state index contributed by atoms with van der Waals surface area (Å²) in [4.78, 5) is 32.9. The van der Waals surface area contributed by atoms with Gasteiger partial charge in [-0.25, -0.2) is 0 Å². The maximum Gasteiger partial charge on any atom is 0.266 e. The first kappa shape index (κ1) is 16.5. The van der Waals surface area contributed by atoms with Crippen molar-refractivity contribution in [2.45, 2.75) is 19.4 Å². The highest BCUT2D eigenvalue weighted by molar-refractivity contribution is 7.85. The molecule has 0 aromatic carbocycles. The van der Waals surface area contributed by atoms with Gasteiger partial charge >= 0.3 is 0 Å². The Bertz CT molecular complexity index is 432. The normalized spacial score (nSPS) is 12.6. The molecule has 0 aliphatic carbocycles. The molecule has 0 spiro atoms. The molecule has 0 heterocycles. The first-order valence-electron chi connectivity index (χ1n) is 4.90. The van der Waals surface area contributed by atoms with Crippen LogP contribution in [0.1, 0.15) is 13.3 Å². The fraction of sp³-hybridized carbons (Fsp3) is 0.625. The number of carbonyl (C=O) groups is 3. The van der Waals surface area contributed by atoms with Crippen LogP contribution in [-0.4, -0.2) is 49.0 Å².